The maximum Gasteiger partial charge on any atom is 0.193 e. The van der Waals surface area contributed by atoms with Crippen molar-refractivity contribution in [2.75, 3.05) is 40.9 Å². The lowest BCUT2D eigenvalue weighted by molar-refractivity contribution is 0.309. The molecule has 0 fully saturated rings. The van der Waals surface area contributed by atoms with Gasteiger partial charge in [0, 0.05) is 27.2 Å². The summed E-state index contributed by atoms with van der Waals surface area (Å²) >= 11 is 0. The van der Waals surface area contributed by atoms with E-state index in [0.29, 0.717) is 6.61 Å². The number of hydrogen-bond acceptors (Lipinski definition) is 3. The van der Waals surface area contributed by atoms with Gasteiger partial charge in [-0.15, -0.1) is 30.6 Å². The summed E-state index contributed by atoms with van der Waals surface area (Å²) in [6, 6.07) is 7.62. The Labute approximate surface area is 163 Å². The van der Waals surface area contributed by atoms with Crippen molar-refractivity contribution >= 4 is 29.9 Å². The molecule has 6 heteroatoms. The summed E-state index contributed by atoms with van der Waals surface area (Å²) in [5.74, 6) is 2.61. The van der Waals surface area contributed by atoms with Crippen LogP contribution in [-0.4, -0.2) is 51.8 Å². The number of aliphatic imine (C=N–C) groups is 1. The number of allylic oxidation sites excluding steroid dienone is 1. The number of methoxy groups -OCH3 is 1. The van der Waals surface area contributed by atoms with Gasteiger partial charge in [0.1, 0.15) is 11.5 Å². The second-order valence-corrected chi connectivity index (χ2v) is 5.20. The highest BCUT2D eigenvalue weighted by molar-refractivity contribution is 14.0. The van der Waals surface area contributed by atoms with Gasteiger partial charge in [-0.25, -0.2) is 0 Å². The van der Waals surface area contributed by atoms with Crippen LogP contribution in [0.4, 0.5) is 0 Å². The van der Waals surface area contributed by atoms with Crippen LogP contribution in [0, 0.1) is 0 Å². The summed E-state index contributed by atoms with van der Waals surface area (Å²) in [6.45, 7) is 6.20. The Bertz CT molecular complexity index is 478. The highest BCUT2D eigenvalue weighted by Gasteiger charge is 2.04. The van der Waals surface area contributed by atoms with Crippen molar-refractivity contribution in [1.29, 1.82) is 0 Å². The van der Waals surface area contributed by atoms with E-state index in [4.69, 9.17) is 9.47 Å². The Hall–Kier alpha value is -1.44. The van der Waals surface area contributed by atoms with E-state index in [0.717, 1.165) is 49.8 Å². The lowest BCUT2D eigenvalue weighted by atomic mass is 10.3. The summed E-state index contributed by atoms with van der Waals surface area (Å²) in [7, 11) is 5.51. The highest BCUT2D eigenvalue weighted by atomic mass is 127. The van der Waals surface area contributed by atoms with Gasteiger partial charge in [0.05, 0.1) is 13.7 Å². The van der Waals surface area contributed by atoms with Crippen LogP contribution in [0.1, 0.15) is 19.3 Å². The zero-order chi connectivity index (χ0) is 16.9. The molecule has 136 valence electrons. The summed E-state index contributed by atoms with van der Waals surface area (Å²) in [5.41, 5.74) is 0. The topological polar surface area (TPSA) is 46.1 Å². The molecule has 0 aliphatic heterocycles. The predicted octanol–water partition coefficient (Wildman–Crippen LogP) is 3.56. The molecular weight excluding hydrogens is 417 g/mol. The van der Waals surface area contributed by atoms with Gasteiger partial charge in [-0.2, -0.15) is 0 Å². The molecule has 1 aromatic rings. The molecule has 0 aliphatic rings. The summed E-state index contributed by atoms with van der Waals surface area (Å²) in [6.07, 6.45) is 4.96. The van der Waals surface area contributed by atoms with E-state index in [1.165, 1.54) is 0 Å². The molecule has 0 saturated heterocycles. The first-order valence-electron chi connectivity index (χ1n) is 8.00. The number of benzene rings is 1. The fraction of sp³-hybridized carbons (Fsp3) is 0.500. The van der Waals surface area contributed by atoms with Crippen LogP contribution >= 0.6 is 24.0 Å². The number of unbranched alkanes of at least 4 members (excludes halogenated alkanes) is 1. The van der Waals surface area contributed by atoms with E-state index in [2.05, 4.69) is 21.8 Å². The monoisotopic (exact) mass is 447 g/mol. The largest absolute Gasteiger partial charge is 0.497 e. The molecule has 0 atom stereocenters. The Morgan fingerprint density at radius 3 is 2.50 bits per heavy atom. The molecule has 0 aliphatic carbocycles. The van der Waals surface area contributed by atoms with Crippen LogP contribution in [0.2, 0.25) is 0 Å². The van der Waals surface area contributed by atoms with Crippen molar-refractivity contribution in [2.45, 2.75) is 19.3 Å². The lowest BCUT2D eigenvalue weighted by Crippen LogP contribution is -2.40. The number of nitrogens with one attached hydrogen (secondary N) is 1. The van der Waals surface area contributed by atoms with E-state index in [9.17, 15) is 0 Å². The predicted molar refractivity (Wildman–Crippen MR) is 112 cm³/mol. The normalized spacial score (nSPS) is 10.5. The Morgan fingerprint density at radius 1 is 1.25 bits per heavy atom. The molecule has 0 bridgehead atoms. The van der Waals surface area contributed by atoms with Crippen molar-refractivity contribution in [2.24, 2.45) is 4.99 Å². The van der Waals surface area contributed by atoms with Crippen molar-refractivity contribution in [1.82, 2.24) is 10.2 Å². The minimum absolute atomic E-state index is 0. The van der Waals surface area contributed by atoms with Crippen molar-refractivity contribution < 1.29 is 9.47 Å². The molecule has 24 heavy (non-hydrogen) atoms. The van der Waals surface area contributed by atoms with Crippen LogP contribution in [-0.2, 0) is 0 Å². The lowest BCUT2D eigenvalue weighted by Gasteiger charge is -2.21. The Kier molecular flexibility index (Phi) is 13.1. The van der Waals surface area contributed by atoms with Gasteiger partial charge in [-0.05, 0) is 43.5 Å². The second-order valence-electron chi connectivity index (χ2n) is 5.20. The van der Waals surface area contributed by atoms with Crippen molar-refractivity contribution in [3.63, 3.8) is 0 Å². The number of nitrogens with zero attached hydrogens (tertiary/aromatic N) is 2. The third kappa shape index (κ3) is 9.00. The van der Waals surface area contributed by atoms with Crippen molar-refractivity contribution in [3.8, 4) is 11.5 Å². The van der Waals surface area contributed by atoms with E-state index in [1.54, 1.807) is 14.2 Å². The summed E-state index contributed by atoms with van der Waals surface area (Å²) < 4.78 is 10.8. The molecule has 1 rings (SSSR count). The van der Waals surface area contributed by atoms with Crippen LogP contribution in [0.3, 0.4) is 0 Å². The van der Waals surface area contributed by atoms with Crippen LogP contribution < -0.4 is 14.8 Å². The second kappa shape index (κ2) is 13.9. The van der Waals surface area contributed by atoms with Crippen LogP contribution in [0.25, 0.3) is 0 Å². The molecule has 0 unspecified atom stereocenters. The van der Waals surface area contributed by atoms with E-state index >= 15 is 0 Å². The van der Waals surface area contributed by atoms with Gasteiger partial charge in [0.15, 0.2) is 5.96 Å². The average molecular weight is 447 g/mol. The number of ether oxygens (including phenoxy) is 2. The van der Waals surface area contributed by atoms with E-state index in [-0.39, 0.29) is 24.0 Å². The molecule has 0 spiro atoms. The quantitative estimate of drug-likeness (QED) is 0.196. The SMILES string of the molecule is C=CCCCN(C)C(=NC)NCCCOc1ccc(OC)cc1.I. The Morgan fingerprint density at radius 2 is 1.92 bits per heavy atom. The number of halogens is 1. The fourth-order valence-electron chi connectivity index (χ4n) is 2.10. The standard InChI is InChI=1S/C18H29N3O2.HI/c1-5-6-7-14-21(3)18(19-2)20-13-8-15-23-17-11-9-16(22-4)10-12-17;/h5,9-12H,1,6-8,13-15H2,2-4H3,(H,19,20);1H. The van der Waals surface area contributed by atoms with Gasteiger partial charge in [-0.3, -0.25) is 4.99 Å². The minimum atomic E-state index is 0. The minimum Gasteiger partial charge on any atom is -0.497 e. The molecule has 0 amide bonds. The number of rotatable bonds is 10. The maximum atomic E-state index is 5.70. The first kappa shape index (κ1) is 22.6. The smallest absolute Gasteiger partial charge is 0.193 e. The molecule has 1 N–H and O–H groups in total. The third-order valence-corrected chi connectivity index (χ3v) is 3.41. The molecule has 0 saturated carbocycles. The van der Waals surface area contributed by atoms with Crippen molar-refractivity contribution in [3.05, 3.63) is 36.9 Å². The molecule has 0 radical (unpaired) electrons. The summed E-state index contributed by atoms with van der Waals surface area (Å²) in [5, 5.41) is 3.35. The fourth-order valence-corrected chi connectivity index (χ4v) is 2.10. The zero-order valence-electron chi connectivity index (χ0n) is 15.0. The van der Waals surface area contributed by atoms with Gasteiger partial charge in [0.25, 0.3) is 0 Å². The van der Waals surface area contributed by atoms with Gasteiger partial charge in [0.2, 0.25) is 0 Å². The highest BCUT2D eigenvalue weighted by Crippen LogP contribution is 2.16. The summed E-state index contributed by atoms with van der Waals surface area (Å²) in [4.78, 5) is 6.43. The third-order valence-electron chi connectivity index (χ3n) is 3.41. The van der Waals surface area contributed by atoms with Gasteiger partial charge < -0.3 is 19.7 Å². The molecule has 0 aromatic heterocycles. The first-order chi connectivity index (χ1) is 11.2. The van der Waals surface area contributed by atoms with Crippen LogP contribution in [0.5, 0.6) is 11.5 Å². The molecule has 1 aromatic carbocycles. The molecule has 0 heterocycles. The maximum absolute atomic E-state index is 5.70. The molecular formula is C18H30IN3O2. The van der Waals surface area contributed by atoms with Gasteiger partial charge in [-0.1, -0.05) is 6.08 Å². The average Bonchev–Trinajstić information content (AvgIpc) is 2.58. The zero-order valence-corrected chi connectivity index (χ0v) is 17.3. The Balaban J connectivity index is 0.00000529. The number of guanidine groups is 1. The molecule has 5 nitrogen and oxygen atoms in total. The van der Waals surface area contributed by atoms with E-state index < -0.39 is 0 Å². The van der Waals surface area contributed by atoms with E-state index in [1.807, 2.05) is 37.4 Å². The van der Waals surface area contributed by atoms with Crippen LogP contribution in [0.15, 0.2) is 41.9 Å². The van der Waals surface area contributed by atoms with Gasteiger partial charge >= 0.3 is 0 Å². The number of hydrogen-bond donors (Lipinski definition) is 1. The first-order valence-corrected chi connectivity index (χ1v) is 8.00.